The van der Waals surface area contributed by atoms with Crippen molar-refractivity contribution in [3.8, 4) is 0 Å². The number of hydrogen-bond acceptors (Lipinski definition) is 4. The van der Waals surface area contributed by atoms with E-state index in [9.17, 15) is 23.2 Å². The van der Waals surface area contributed by atoms with Gasteiger partial charge in [-0.1, -0.05) is 25.0 Å². The van der Waals surface area contributed by atoms with Gasteiger partial charge in [-0.05, 0) is 66.9 Å². The van der Waals surface area contributed by atoms with E-state index in [4.69, 9.17) is 4.42 Å². The molecule has 0 aliphatic heterocycles. The zero-order valence-electron chi connectivity index (χ0n) is 18.9. The molecule has 1 aliphatic rings. The van der Waals surface area contributed by atoms with Crippen molar-refractivity contribution in [1.82, 2.24) is 10.6 Å². The van der Waals surface area contributed by atoms with Gasteiger partial charge >= 0.3 is 0 Å². The summed E-state index contributed by atoms with van der Waals surface area (Å²) in [6, 6.07) is 12.2. The minimum absolute atomic E-state index is 0.0280. The number of amides is 3. The fraction of sp³-hybridized carbons (Fsp3) is 0.269. The molecule has 1 saturated carbocycles. The van der Waals surface area contributed by atoms with Crippen LogP contribution in [0.2, 0.25) is 0 Å². The van der Waals surface area contributed by atoms with Crippen LogP contribution >= 0.6 is 0 Å². The molecule has 0 spiro atoms. The van der Waals surface area contributed by atoms with Gasteiger partial charge in [0.2, 0.25) is 11.8 Å². The molecule has 2 aromatic carbocycles. The highest BCUT2D eigenvalue weighted by atomic mass is 19.1. The van der Waals surface area contributed by atoms with Crippen molar-refractivity contribution in [2.75, 3.05) is 11.4 Å². The number of rotatable bonds is 8. The molecule has 0 saturated heterocycles. The summed E-state index contributed by atoms with van der Waals surface area (Å²) in [6.07, 6.45) is 4.97. The fourth-order valence-electron chi connectivity index (χ4n) is 4.19. The third-order valence-electron chi connectivity index (χ3n) is 5.91. The summed E-state index contributed by atoms with van der Waals surface area (Å²) in [6.45, 7) is -0.453. The summed E-state index contributed by atoms with van der Waals surface area (Å²) in [5.41, 5.74) is 0.622. The first kappa shape index (κ1) is 24.1. The van der Waals surface area contributed by atoms with Crippen molar-refractivity contribution in [3.05, 3.63) is 89.9 Å². The van der Waals surface area contributed by atoms with Crippen LogP contribution in [0.5, 0.6) is 0 Å². The lowest BCUT2D eigenvalue weighted by Crippen LogP contribution is -2.49. The molecule has 3 aromatic rings. The highest BCUT2D eigenvalue weighted by molar-refractivity contribution is 6.04. The van der Waals surface area contributed by atoms with Gasteiger partial charge in [-0.15, -0.1) is 0 Å². The molecule has 35 heavy (non-hydrogen) atoms. The molecule has 2 N–H and O–H groups in total. The molecule has 1 aromatic heterocycles. The van der Waals surface area contributed by atoms with Crippen LogP contribution in [0.15, 0.2) is 71.3 Å². The lowest BCUT2D eigenvalue weighted by molar-refractivity contribution is -0.126. The number of carbonyl (C=O) groups is 3. The summed E-state index contributed by atoms with van der Waals surface area (Å²) in [4.78, 5) is 40.5. The van der Waals surface area contributed by atoms with Crippen LogP contribution in [0, 0.1) is 11.6 Å². The van der Waals surface area contributed by atoms with E-state index in [0.717, 1.165) is 25.7 Å². The predicted molar refractivity (Wildman–Crippen MR) is 124 cm³/mol. The Morgan fingerprint density at radius 2 is 1.57 bits per heavy atom. The van der Waals surface area contributed by atoms with Crippen LogP contribution < -0.4 is 15.5 Å². The Hall–Kier alpha value is -4.01. The van der Waals surface area contributed by atoms with Crippen molar-refractivity contribution < 1.29 is 27.6 Å². The Labute approximate surface area is 201 Å². The molecule has 9 heteroatoms. The molecule has 1 atom stereocenters. The van der Waals surface area contributed by atoms with Gasteiger partial charge in [0.25, 0.3) is 5.91 Å². The highest BCUT2D eigenvalue weighted by Crippen LogP contribution is 2.29. The topological polar surface area (TPSA) is 91.7 Å². The second kappa shape index (κ2) is 10.9. The summed E-state index contributed by atoms with van der Waals surface area (Å²) in [7, 11) is 0. The third kappa shape index (κ3) is 5.92. The predicted octanol–water partition coefficient (Wildman–Crippen LogP) is 4.12. The van der Waals surface area contributed by atoms with Crippen LogP contribution in [0.4, 0.5) is 14.5 Å². The fourth-order valence-corrected chi connectivity index (χ4v) is 4.19. The molecular formula is C26H25F2N3O4. The molecule has 0 radical (unpaired) electrons. The average Bonchev–Trinajstić information content (AvgIpc) is 3.57. The standard InChI is InChI=1S/C26H25F2N3O4/c27-18-9-7-17(8-10-18)24(26(34)30-20-4-1-2-5-20)31(21-13-11-19(28)12-14-21)23(32)16-29-25(33)22-6-3-15-35-22/h3,6-15,20,24H,1-2,4-5,16H2,(H,29,33)(H,30,34). The van der Waals surface area contributed by atoms with Gasteiger partial charge in [-0.3, -0.25) is 19.3 Å². The Morgan fingerprint density at radius 1 is 0.943 bits per heavy atom. The zero-order chi connectivity index (χ0) is 24.8. The lowest BCUT2D eigenvalue weighted by atomic mass is 10.0. The number of nitrogens with one attached hydrogen (secondary N) is 2. The monoisotopic (exact) mass is 481 g/mol. The molecule has 0 bridgehead atoms. The maximum atomic E-state index is 13.7. The van der Waals surface area contributed by atoms with E-state index in [1.165, 1.54) is 65.8 Å². The quantitative estimate of drug-likeness (QED) is 0.506. The van der Waals surface area contributed by atoms with E-state index in [0.29, 0.717) is 5.56 Å². The van der Waals surface area contributed by atoms with Crippen molar-refractivity contribution in [3.63, 3.8) is 0 Å². The number of benzene rings is 2. The number of furan rings is 1. The molecule has 4 rings (SSSR count). The number of carbonyl (C=O) groups excluding carboxylic acids is 3. The number of nitrogens with zero attached hydrogens (tertiary/aromatic N) is 1. The van der Waals surface area contributed by atoms with Gasteiger partial charge in [0.15, 0.2) is 5.76 Å². The normalized spacial score (nSPS) is 14.3. The second-order valence-corrected chi connectivity index (χ2v) is 8.34. The molecule has 1 fully saturated rings. The van der Waals surface area contributed by atoms with Crippen LogP contribution in [0.3, 0.4) is 0 Å². The smallest absolute Gasteiger partial charge is 0.287 e. The third-order valence-corrected chi connectivity index (χ3v) is 5.91. The van der Waals surface area contributed by atoms with Crippen LogP contribution in [-0.4, -0.2) is 30.3 Å². The summed E-state index contributed by atoms with van der Waals surface area (Å²) in [5, 5.41) is 5.48. The van der Waals surface area contributed by atoms with Gasteiger partial charge < -0.3 is 15.1 Å². The van der Waals surface area contributed by atoms with Crippen molar-refractivity contribution >= 4 is 23.4 Å². The Bertz CT molecular complexity index is 1160. The van der Waals surface area contributed by atoms with Crippen LogP contribution in [0.1, 0.15) is 47.8 Å². The average molecular weight is 481 g/mol. The molecular weight excluding hydrogens is 456 g/mol. The summed E-state index contributed by atoms with van der Waals surface area (Å²) in [5.74, 6) is -2.64. The van der Waals surface area contributed by atoms with E-state index < -0.39 is 41.9 Å². The van der Waals surface area contributed by atoms with Crippen molar-refractivity contribution in [2.45, 2.75) is 37.8 Å². The summed E-state index contributed by atoms with van der Waals surface area (Å²) >= 11 is 0. The Kier molecular flexibility index (Phi) is 7.54. The Balaban J connectivity index is 1.67. The SMILES string of the molecule is O=C(NCC(=O)N(c1ccc(F)cc1)C(C(=O)NC1CCCC1)c1ccc(F)cc1)c1ccco1. The van der Waals surface area contributed by atoms with E-state index in [-0.39, 0.29) is 17.5 Å². The molecule has 182 valence electrons. The van der Waals surface area contributed by atoms with E-state index in [1.54, 1.807) is 6.07 Å². The number of hydrogen-bond donors (Lipinski definition) is 2. The molecule has 7 nitrogen and oxygen atoms in total. The molecule has 3 amide bonds. The maximum Gasteiger partial charge on any atom is 0.287 e. The zero-order valence-corrected chi connectivity index (χ0v) is 18.9. The van der Waals surface area contributed by atoms with Crippen LogP contribution in [0.25, 0.3) is 0 Å². The highest BCUT2D eigenvalue weighted by Gasteiger charge is 2.34. The van der Waals surface area contributed by atoms with Gasteiger partial charge in [0.1, 0.15) is 17.7 Å². The first-order chi connectivity index (χ1) is 16.9. The van der Waals surface area contributed by atoms with Crippen LogP contribution in [-0.2, 0) is 9.59 Å². The first-order valence-electron chi connectivity index (χ1n) is 11.4. The summed E-state index contributed by atoms with van der Waals surface area (Å²) < 4.78 is 32.4. The largest absolute Gasteiger partial charge is 0.459 e. The van der Waals surface area contributed by atoms with Crippen molar-refractivity contribution in [1.29, 1.82) is 0 Å². The molecule has 1 heterocycles. The minimum Gasteiger partial charge on any atom is -0.459 e. The van der Waals surface area contributed by atoms with Gasteiger partial charge in [0, 0.05) is 11.7 Å². The Morgan fingerprint density at radius 3 is 2.17 bits per heavy atom. The van der Waals surface area contributed by atoms with E-state index in [1.807, 2.05) is 0 Å². The molecule has 1 aliphatic carbocycles. The van der Waals surface area contributed by atoms with Gasteiger partial charge in [0.05, 0.1) is 12.8 Å². The lowest BCUT2D eigenvalue weighted by Gasteiger charge is -2.32. The van der Waals surface area contributed by atoms with Gasteiger partial charge in [-0.2, -0.15) is 0 Å². The van der Waals surface area contributed by atoms with E-state index >= 15 is 0 Å². The maximum absolute atomic E-state index is 13.7. The first-order valence-corrected chi connectivity index (χ1v) is 11.4. The van der Waals surface area contributed by atoms with Crippen molar-refractivity contribution in [2.24, 2.45) is 0 Å². The number of anilines is 1. The van der Waals surface area contributed by atoms with E-state index in [2.05, 4.69) is 10.6 Å². The second-order valence-electron chi connectivity index (χ2n) is 8.34. The minimum atomic E-state index is -1.17. The molecule has 1 unspecified atom stereocenters. The number of halogens is 2. The van der Waals surface area contributed by atoms with Gasteiger partial charge in [-0.25, -0.2) is 8.78 Å².